The summed E-state index contributed by atoms with van der Waals surface area (Å²) in [6.07, 6.45) is -15.5. The van der Waals surface area contributed by atoms with Crippen molar-refractivity contribution in [3.63, 3.8) is 0 Å². The molecule has 47 heteroatoms. The summed E-state index contributed by atoms with van der Waals surface area (Å²) in [6.45, 7) is 27.1. The van der Waals surface area contributed by atoms with E-state index in [1.165, 1.54) is 56.8 Å². The van der Waals surface area contributed by atoms with Gasteiger partial charge in [-0.2, -0.15) is 89.2 Å². The summed E-state index contributed by atoms with van der Waals surface area (Å²) in [5, 5.41) is 8.19. The Balaban J connectivity index is 0.000000208. The van der Waals surface area contributed by atoms with E-state index >= 15 is 0 Å². The Kier molecular flexibility index (Phi) is 32.4. The third-order valence-corrected chi connectivity index (χ3v) is 22.3. The van der Waals surface area contributed by atoms with E-state index in [0.717, 1.165) is 15.3 Å². The van der Waals surface area contributed by atoms with E-state index in [4.69, 9.17) is 23.5 Å². The lowest BCUT2D eigenvalue weighted by atomic mass is 9.82. The summed E-state index contributed by atoms with van der Waals surface area (Å²) < 4.78 is 275. The summed E-state index contributed by atoms with van der Waals surface area (Å²) in [5.74, 6) is -1.58. The van der Waals surface area contributed by atoms with Crippen molar-refractivity contribution >= 4 is 92.4 Å². The monoisotopic (exact) mass is 2030 g/mol. The van der Waals surface area contributed by atoms with Gasteiger partial charge >= 0.3 is 62.5 Å². The lowest BCUT2D eigenvalue weighted by molar-refractivity contribution is -0.144. The molecule has 6 atom stereocenters. The maximum atomic E-state index is 13.7. The SMILES string of the molecule is CC[C@@H]1CC(N(Cc2cc(C(F)(F)F)cc(C(F)(F)F)c2)c2ncc(-c3cnn(C)c3)cn2)C(=O)N1C(=O)OC(C)(C)C.CC[C@@H]1C[C@H](N(Cc2cc(C(F)(F)F)cc(C(F)(F)F)c2)c2ncc(Br)cn2)C(=O)N1C(=O)OC(C)(C)C.CC[C@@H]1C[C@H](N(Cc2cc(C(F)(F)F)cc(C(F)(F)F)c2)c2ncc(Br)cn2)CN1C(=O)OC(C)(C)C.Cn1cc(B2OC(C)(C)C(C)(C)O2)cn1. The molecule has 8 aromatic rings. The molecule has 0 aliphatic carbocycles. The molecule has 5 aromatic heterocycles. The average Bonchev–Trinajstić information content (AvgIpc) is 1.66. The summed E-state index contributed by atoms with van der Waals surface area (Å²) in [5.41, 5.74) is -10.7. The topological polar surface area (TPSA) is 264 Å². The van der Waals surface area contributed by atoms with Crippen molar-refractivity contribution < 1.29 is 127 Å². The number of alkyl halides is 18. The number of halogens is 20. The van der Waals surface area contributed by atoms with Gasteiger partial charge in [0.05, 0.1) is 65.8 Å². The van der Waals surface area contributed by atoms with Gasteiger partial charge in [0.1, 0.15) is 28.9 Å². The van der Waals surface area contributed by atoms with Crippen LogP contribution in [0.15, 0.2) is 126 Å². The van der Waals surface area contributed by atoms with Crippen LogP contribution in [0.1, 0.15) is 199 Å². The van der Waals surface area contributed by atoms with Gasteiger partial charge in [-0.1, -0.05) is 20.8 Å². The predicted octanol–water partition coefficient (Wildman–Crippen LogP) is 20.6. The van der Waals surface area contributed by atoms with Gasteiger partial charge in [-0.25, -0.2) is 54.1 Å². The maximum Gasteiger partial charge on any atom is 0.498 e. The van der Waals surface area contributed by atoms with Crippen LogP contribution in [-0.4, -0.2) is 172 Å². The highest BCUT2D eigenvalue weighted by Gasteiger charge is 2.54. The van der Waals surface area contributed by atoms with E-state index in [9.17, 15) is 103 Å². The molecule has 5 amide bonds. The molecule has 4 fully saturated rings. The highest BCUT2D eigenvalue weighted by molar-refractivity contribution is 9.10. The molecular formula is C86H99BBr2F18N16O10. The highest BCUT2D eigenvalue weighted by Crippen LogP contribution is 2.44. The van der Waals surface area contributed by atoms with Crippen LogP contribution in [0.2, 0.25) is 0 Å². The molecule has 26 nitrogen and oxygen atoms in total. The first-order chi connectivity index (χ1) is 61.1. The number of anilines is 3. The molecule has 12 rings (SSSR count). The first-order valence-corrected chi connectivity index (χ1v) is 43.0. The van der Waals surface area contributed by atoms with Crippen LogP contribution in [0, 0.1) is 0 Å². The van der Waals surface area contributed by atoms with Crippen LogP contribution in [-0.2, 0) is 104 Å². The molecule has 0 spiro atoms. The zero-order chi connectivity index (χ0) is 99.6. The minimum atomic E-state index is -5.06. The van der Waals surface area contributed by atoms with E-state index in [-0.39, 0.29) is 103 Å². The number of carbonyl (C=O) groups is 5. The van der Waals surface area contributed by atoms with Crippen molar-refractivity contribution in [2.24, 2.45) is 14.1 Å². The fourth-order valence-electron chi connectivity index (χ4n) is 14.5. The quantitative estimate of drug-likeness (QED) is 0.0466. The summed E-state index contributed by atoms with van der Waals surface area (Å²) in [6, 6.07) is -0.432. The van der Waals surface area contributed by atoms with Crippen molar-refractivity contribution in [2.45, 2.75) is 270 Å². The van der Waals surface area contributed by atoms with Crippen molar-refractivity contribution in [1.82, 2.24) is 64.2 Å². The van der Waals surface area contributed by atoms with E-state index in [2.05, 4.69) is 72.0 Å². The number of rotatable bonds is 17. The molecule has 0 bridgehead atoms. The summed E-state index contributed by atoms with van der Waals surface area (Å²) in [7, 11) is 3.29. The Labute approximate surface area is 771 Å². The molecule has 726 valence electrons. The molecule has 9 heterocycles. The van der Waals surface area contributed by atoms with Crippen molar-refractivity contribution in [3.8, 4) is 11.1 Å². The normalized spacial score (nSPS) is 18.9. The number of nitrogens with zero attached hydrogens (tertiary/aromatic N) is 16. The van der Waals surface area contributed by atoms with E-state index in [1.54, 1.807) is 111 Å². The number of aromatic nitrogens is 10. The van der Waals surface area contributed by atoms with Gasteiger partial charge in [-0.3, -0.25) is 19.0 Å². The van der Waals surface area contributed by atoms with Gasteiger partial charge in [0.15, 0.2) is 0 Å². The van der Waals surface area contributed by atoms with Gasteiger partial charge in [-0.05, 0) is 232 Å². The van der Waals surface area contributed by atoms with Gasteiger partial charge in [-0.15, -0.1) is 0 Å². The Morgan fingerprint density at radius 2 is 0.722 bits per heavy atom. The maximum absolute atomic E-state index is 13.7. The molecule has 4 aliphatic heterocycles. The van der Waals surface area contributed by atoms with Crippen LogP contribution >= 0.6 is 31.9 Å². The van der Waals surface area contributed by atoms with Crippen LogP contribution in [0.3, 0.4) is 0 Å². The third kappa shape index (κ3) is 27.9. The van der Waals surface area contributed by atoms with Gasteiger partial charge in [0.2, 0.25) is 17.8 Å². The van der Waals surface area contributed by atoms with E-state index < -0.39 is 161 Å². The number of ether oxygens (including phenoxy) is 3. The number of likely N-dealkylation sites (tertiary alicyclic amines) is 3. The summed E-state index contributed by atoms with van der Waals surface area (Å²) in [4.78, 5) is 98.6. The first-order valence-electron chi connectivity index (χ1n) is 41.4. The molecule has 0 N–H and O–H groups in total. The Bertz CT molecular complexity index is 5280. The van der Waals surface area contributed by atoms with Crippen molar-refractivity contribution in [2.75, 3.05) is 21.2 Å². The van der Waals surface area contributed by atoms with Crippen molar-refractivity contribution in [3.05, 3.63) is 176 Å². The molecule has 1 unspecified atom stereocenters. The van der Waals surface area contributed by atoms with Crippen molar-refractivity contribution in [1.29, 1.82) is 0 Å². The van der Waals surface area contributed by atoms with Gasteiger partial charge in [0, 0.05) is 131 Å². The molecule has 0 radical (unpaired) electrons. The molecule has 4 aliphatic rings. The zero-order valence-electron chi connectivity index (χ0n) is 75.4. The van der Waals surface area contributed by atoms with Gasteiger partial charge < -0.3 is 43.1 Å². The first kappa shape index (κ1) is 106. The Morgan fingerprint density at radius 3 is 1.02 bits per heavy atom. The van der Waals surface area contributed by atoms with E-state index in [1.807, 2.05) is 47.9 Å². The Morgan fingerprint density at radius 1 is 0.421 bits per heavy atom. The van der Waals surface area contributed by atoms with E-state index in [0.29, 0.717) is 82.2 Å². The van der Waals surface area contributed by atoms with Crippen LogP contribution < -0.4 is 20.2 Å². The number of hydrogen-bond acceptors (Lipinski definition) is 21. The average molecular weight is 2030 g/mol. The lowest BCUT2D eigenvalue weighted by Gasteiger charge is -2.32. The lowest BCUT2D eigenvalue weighted by Crippen LogP contribution is -2.46. The number of amides is 5. The number of aryl methyl sites for hydroxylation is 2. The molecule has 0 saturated carbocycles. The standard InChI is InChI=1S/C28H30F6N6O3.C24H25BrF6N4O3.C24H27BrF6N4O2.C10H17BN2O2/c1-6-21-10-22(23(41)40(21)25(42)43-26(2,3)4)39(24-35-11-17(12-36-24)18-13-37-38(5)15-18)14-16-7-19(27(29,30)31)9-20(8-16)28(32,33)34;1-5-17-9-18(19(36)35(17)21(37)38-22(2,3)4)34(20-32-10-16(25)11-33-20)12-13-6-14(23(26,27)28)8-15(7-13)24(29,30)31;1-5-18-9-19(13-35(18)21(36)37-22(2,3)4)34(20-32-10-17(25)11-33-20)12-14-6-15(23(26,27)28)8-16(7-14)24(29,30)31;1-9(2)10(3,4)15-11(14-9)8-6-12-13(5)7-8/h7-9,11-13,15,21-22H,6,10,14H2,1-5H3;6-8,10-11,17-18H,5,9,12H2,1-4H3;6-8,10-11,18-19H,5,9,12-13H2,1-4H3;6-7H,1-5H3/t21-,22?;17-,18+;18-,19+;/m111./s1. The second kappa shape index (κ2) is 40.6. The fourth-order valence-corrected chi connectivity index (χ4v) is 15.0. The minimum absolute atomic E-state index is 0.0212. The minimum Gasteiger partial charge on any atom is -0.444 e. The van der Waals surface area contributed by atoms with Crippen LogP contribution in [0.4, 0.5) is 111 Å². The number of hydrogen-bond donors (Lipinski definition) is 0. The molecule has 4 saturated heterocycles. The van der Waals surface area contributed by atoms with Crippen LogP contribution in [0.25, 0.3) is 11.1 Å². The fraction of sp³-hybridized carbons (Fsp3) is 0.523. The molecule has 133 heavy (non-hydrogen) atoms. The second-order valence-corrected chi connectivity index (χ2v) is 37.7. The largest absolute Gasteiger partial charge is 0.498 e. The Hall–Kier alpha value is -10.4. The van der Waals surface area contributed by atoms with Crippen LogP contribution in [0.5, 0.6) is 0 Å². The summed E-state index contributed by atoms with van der Waals surface area (Å²) >= 11 is 6.39. The molecule has 3 aromatic carbocycles. The van der Waals surface area contributed by atoms with Gasteiger partial charge in [0.25, 0.3) is 11.8 Å². The third-order valence-electron chi connectivity index (χ3n) is 21.5. The molecular weight excluding hydrogens is 1930 g/mol. The second-order valence-electron chi connectivity index (χ2n) is 35.8. The highest BCUT2D eigenvalue weighted by atomic mass is 79.9. The number of carbonyl (C=O) groups excluding carboxylic acids is 5. The number of imide groups is 2. The predicted molar refractivity (Wildman–Crippen MR) is 457 cm³/mol. The smallest absolute Gasteiger partial charge is 0.444 e. The zero-order valence-corrected chi connectivity index (χ0v) is 78.6. The number of benzene rings is 3.